The Morgan fingerprint density at radius 2 is 2.17 bits per heavy atom. The van der Waals surface area contributed by atoms with Crippen molar-refractivity contribution in [3.05, 3.63) is 24.3 Å². The largest absolute Gasteiger partial charge is 0.324 e. The highest BCUT2D eigenvalue weighted by atomic mass is 79.9. The Balaban J connectivity index is 2.20. The fourth-order valence-corrected chi connectivity index (χ4v) is 2.38. The summed E-state index contributed by atoms with van der Waals surface area (Å²) in [5, 5.41) is 3.47. The molecule has 0 aromatic heterocycles. The van der Waals surface area contributed by atoms with E-state index in [0.717, 1.165) is 18.7 Å². The van der Waals surface area contributed by atoms with Gasteiger partial charge in [-0.25, -0.2) is 0 Å². The van der Waals surface area contributed by atoms with Gasteiger partial charge in [0.15, 0.2) is 0 Å². The number of halogens is 1. The number of amides is 2. The van der Waals surface area contributed by atoms with E-state index in [2.05, 4.69) is 21.2 Å². The van der Waals surface area contributed by atoms with E-state index in [9.17, 15) is 9.59 Å². The van der Waals surface area contributed by atoms with Crippen molar-refractivity contribution in [3.63, 3.8) is 0 Å². The van der Waals surface area contributed by atoms with E-state index in [1.807, 2.05) is 24.3 Å². The first kappa shape index (κ1) is 13.1. The summed E-state index contributed by atoms with van der Waals surface area (Å²) in [5.74, 6) is 0.0724. The molecule has 1 fully saturated rings. The third-order valence-corrected chi connectivity index (χ3v) is 3.26. The van der Waals surface area contributed by atoms with Crippen LogP contribution in [-0.2, 0) is 9.59 Å². The molecule has 2 amide bonds. The van der Waals surface area contributed by atoms with Crippen molar-refractivity contribution < 1.29 is 9.59 Å². The minimum absolute atomic E-state index is 0.0500. The van der Waals surface area contributed by atoms with E-state index in [4.69, 9.17) is 0 Å². The summed E-state index contributed by atoms with van der Waals surface area (Å²) in [6, 6.07) is 7.43. The van der Waals surface area contributed by atoms with Crippen molar-refractivity contribution in [2.24, 2.45) is 0 Å². The van der Waals surface area contributed by atoms with Crippen LogP contribution in [0, 0.1) is 0 Å². The lowest BCUT2D eigenvalue weighted by atomic mass is 10.2. The third-order valence-electron chi connectivity index (χ3n) is 2.86. The van der Waals surface area contributed by atoms with Gasteiger partial charge in [-0.15, -0.1) is 0 Å². The number of carbonyl (C=O) groups is 2. The number of anilines is 2. The highest BCUT2D eigenvalue weighted by Gasteiger charge is 2.23. The first-order valence-electron chi connectivity index (χ1n) is 5.97. The smallest absolute Gasteiger partial charge is 0.227 e. The van der Waals surface area contributed by atoms with Crippen LogP contribution in [0.15, 0.2) is 24.3 Å². The molecule has 1 aromatic carbocycles. The van der Waals surface area contributed by atoms with Crippen molar-refractivity contribution in [1.29, 1.82) is 0 Å². The molecule has 0 atom stereocenters. The quantitative estimate of drug-likeness (QED) is 0.869. The standard InChI is InChI=1S/C13H15BrN2O2/c14-8-7-12(17)15-10-4-1-2-5-11(10)16-9-3-6-13(16)18/h1-2,4-5H,3,6-9H2,(H,15,17). The molecule has 0 aliphatic carbocycles. The lowest BCUT2D eigenvalue weighted by molar-refractivity contribution is -0.117. The lowest BCUT2D eigenvalue weighted by Gasteiger charge is -2.19. The Kier molecular flexibility index (Phi) is 4.36. The summed E-state index contributed by atoms with van der Waals surface area (Å²) >= 11 is 3.23. The van der Waals surface area contributed by atoms with E-state index in [0.29, 0.717) is 23.9 Å². The number of hydrogen-bond acceptors (Lipinski definition) is 2. The minimum Gasteiger partial charge on any atom is -0.324 e. The molecular formula is C13H15BrN2O2. The summed E-state index contributed by atoms with van der Waals surface area (Å²) in [6.07, 6.45) is 1.88. The minimum atomic E-state index is -0.0500. The van der Waals surface area contributed by atoms with Crippen molar-refractivity contribution in [2.75, 3.05) is 22.1 Å². The molecule has 0 unspecified atom stereocenters. The Bertz CT molecular complexity index is 462. The van der Waals surface area contributed by atoms with Crippen molar-refractivity contribution in [3.8, 4) is 0 Å². The van der Waals surface area contributed by atoms with Crippen LogP contribution in [0.2, 0.25) is 0 Å². The predicted octanol–water partition coefficient (Wildman–Crippen LogP) is 2.54. The van der Waals surface area contributed by atoms with Crippen LogP contribution in [0.1, 0.15) is 19.3 Å². The highest BCUT2D eigenvalue weighted by molar-refractivity contribution is 9.09. The van der Waals surface area contributed by atoms with E-state index >= 15 is 0 Å². The zero-order valence-electron chi connectivity index (χ0n) is 9.99. The van der Waals surface area contributed by atoms with Gasteiger partial charge in [0, 0.05) is 24.7 Å². The maximum atomic E-state index is 11.7. The normalized spacial score (nSPS) is 14.9. The Morgan fingerprint density at radius 1 is 1.39 bits per heavy atom. The zero-order chi connectivity index (χ0) is 13.0. The summed E-state index contributed by atoms with van der Waals surface area (Å²) in [6.45, 7) is 0.726. The van der Waals surface area contributed by atoms with E-state index in [-0.39, 0.29) is 11.8 Å². The van der Waals surface area contributed by atoms with Crippen LogP contribution < -0.4 is 10.2 Å². The van der Waals surface area contributed by atoms with Gasteiger partial charge >= 0.3 is 0 Å². The number of alkyl halides is 1. The van der Waals surface area contributed by atoms with Crippen LogP contribution >= 0.6 is 15.9 Å². The van der Waals surface area contributed by atoms with E-state index in [1.54, 1.807) is 4.90 Å². The maximum absolute atomic E-state index is 11.7. The van der Waals surface area contributed by atoms with Gasteiger partial charge in [-0.3, -0.25) is 9.59 Å². The summed E-state index contributed by atoms with van der Waals surface area (Å²) < 4.78 is 0. The first-order chi connectivity index (χ1) is 8.72. The van der Waals surface area contributed by atoms with Gasteiger partial charge in [-0.1, -0.05) is 28.1 Å². The molecule has 0 radical (unpaired) electrons. The monoisotopic (exact) mass is 310 g/mol. The molecular weight excluding hydrogens is 296 g/mol. The molecule has 1 aromatic rings. The second kappa shape index (κ2) is 6.00. The molecule has 1 heterocycles. The van der Waals surface area contributed by atoms with Crippen LogP contribution in [0.5, 0.6) is 0 Å². The number of hydrogen-bond donors (Lipinski definition) is 1. The van der Waals surface area contributed by atoms with Crippen LogP contribution in [0.25, 0.3) is 0 Å². The van der Waals surface area contributed by atoms with Gasteiger partial charge in [-0.05, 0) is 18.6 Å². The van der Waals surface area contributed by atoms with Gasteiger partial charge in [0.1, 0.15) is 0 Å². The summed E-state index contributed by atoms with van der Waals surface area (Å²) in [7, 11) is 0. The van der Waals surface area contributed by atoms with Crippen molar-refractivity contribution in [1.82, 2.24) is 0 Å². The second-order valence-electron chi connectivity index (χ2n) is 4.15. The van der Waals surface area contributed by atoms with Crippen LogP contribution in [-0.4, -0.2) is 23.7 Å². The van der Waals surface area contributed by atoms with Gasteiger partial charge in [0.2, 0.25) is 11.8 Å². The van der Waals surface area contributed by atoms with Crippen LogP contribution in [0.3, 0.4) is 0 Å². The molecule has 1 aliphatic heterocycles. The Hall–Kier alpha value is -1.36. The highest BCUT2D eigenvalue weighted by Crippen LogP contribution is 2.29. The molecule has 5 heteroatoms. The second-order valence-corrected chi connectivity index (χ2v) is 4.95. The molecule has 4 nitrogen and oxygen atoms in total. The number of rotatable bonds is 4. The van der Waals surface area contributed by atoms with Crippen molar-refractivity contribution in [2.45, 2.75) is 19.3 Å². The number of benzene rings is 1. The third kappa shape index (κ3) is 2.90. The average molecular weight is 311 g/mol. The fourth-order valence-electron chi connectivity index (χ4n) is 2.02. The molecule has 1 N–H and O–H groups in total. The van der Waals surface area contributed by atoms with Crippen LogP contribution in [0.4, 0.5) is 11.4 Å². The zero-order valence-corrected chi connectivity index (χ0v) is 11.6. The average Bonchev–Trinajstić information content (AvgIpc) is 2.76. The van der Waals surface area contributed by atoms with Gasteiger partial charge in [-0.2, -0.15) is 0 Å². The lowest BCUT2D eigenvalue weighted by Crippen LogP contribution is -2.25. The Labute approximate surface area is 114 Å². The van der Waals surface area contributed by atoms with E-state index in [1.165, 1.54) is 0 Å². The van der Waals surface area contributed by atoms with Gasteiger partial charge in [0.25, 0.3) is 0 Å². The molecule has 1 aliphatic rings. The topological polar surface area (TPSA) is 49.4 Å². The number of carbonyl (C=O) groups excluding carboxylic acids is 2. The predicted molar refractivity (Wildman–Crippen MR) is 75.1 cm³/mol. The molecule has 0 spiro atoms. The molecule has 1 saturated heterocycles. The summed E-state index contributed by atoms with van der Waals surface area (Å²) in [5.41, 5.74) is 1.50. The molecule has 0 bridgehead atoms. The summed E-state index contributed by atoms with van der Waals surface area (Å²) in [4.78, 5) is 25.1. The maximum Gasteiger partial charge on any atom is 0.227 e. The number of nitrogens with one attached hydrogen (secondary N) is 1. The first-order valence-corrected chi connectivity index (χ1v) is 7.09. The SMILES string of the molecule is O=C(CCBr)Nc1ccccc1N1CCCC1=O. The molecule has 2 rings (SSSR count). The van der Waals surface area contributed by atoms with E-state index < -0.39 is 0 Å². The number of para-hydroxylation sites is 2. The molecule has 18 heavy (non-hydrogen) atoms. The van der Waals surface area contributed by atoms with Gasteiger partial charge in [0.05, 0.1) is 11.4 Å². The van der Waals surface area contributed by atoms with Crippen molar-refractivity contribution >= 4 is 39.1 Å². The molecule has 0 saturated carbocycles. The fraction of sp³-hybridized carbons (Fsp3) is 0.385. The Morgan fingerprint density at radius 3 is 2.83 bits per heavy atom. The number of nitrogens with zero attached hydrogens (tertiary/aromatic N) is 1. The van der Waals surface area contributed by atoms with Gasteiger partial charge < -0.3 is 10.2 Å². The molecule has 96 valence electrons.